The summed E-state index contributed by atoms with van der Waals surface area (Å²) in [6.45, 7) is 1.15. The first-order valence-corrected chi connectivity index (χ1v) is 6.82. The molecular weight excluding hydrogens is 295 g/mol. The van der Waals surface area contributed by atoms with E-state index in [1.807, 2.05) is 0 Å². The van der Waals surface area contributed by atoms with Crippen LogP contribution < -0.4 is 5.32 Å². The standard InChI is InChI=1S/C15H14ClFN2O2/c16-15-6-3-13(17)9-12(15)10-18-8-7-11-1-4-14(5-2-11)19(20)21/h1-6,9,18H,7-8,10H2. The molecule has 21 heavy (non-hydrogen) atoms. The fraction of sp³-hybridized carbons (Fsp3) is 0.200. The highest BCUT2D eigenvalue weighted by Gasteiger charge is 2.04. The zero-order valence-corrected chi connectivity index (χ0v) is 11.9. The van der Waals surface area contributed by atoms with Crippen LogP contribution in [0.25, 0.3) is 0 Å². The lowest BCUT2D eigenvalue weighted by Gasteiger charge is -2.07. The second-order valence-corrected chi connectivity index (χ2v) is 4.99. The van der Waals surface area contributed by atoms with Gasteiger partial charge in [-0.2, -0.15) is 0 Å². The van der Waals surface area contributed by atoms with Crippen LogP contribution in [-0.2, 0) is 13.0 Å². The van der Waals surface area contributed by atoms with Gasteiger partial charge in [0, 0.05) is 23.7 Å². The van der Waals surface area contributed by atoms with E-state index in [1.165, 1.54) is 30.3 Å². The number of nitro benzene ring substituents is 1. The number of benzene rings is 2. The highest BCUT2D eigenvalue weighted by Crippen LogP contribution is 2.16. The molecule has 0 aliphatic heterocycles. The van der Waals surface area contributed by atoms with E-state index in [1.54, 1.807) is 12.1 Å². The molecule has 2 rings (SSSR count). The summed E-state index contributed by atoms with van der Waals surface area (Å²) < 4.78 is 13.1. The van der Waals surface area contributed by atoms with Gasteiger partial charge in [-0.05, 0) is 42.3 Å². The number of halogens is 2. The Hall–Kier alpha value is -1.98. The fourth-order valence-corrected chi connectivity index (χ4v) is 2.10. The third-order valence-electron chi connectivity index (χ3n) is 3.06. The lowest BCUT2D eigenvalue weighted by molar-refractivity contribution is -0.384. The van der Waals surface area contributed by atoms with Gasteiger partial charge in [0.1, 0.15) is 5.82 Å². The van der Waals surface area contributed by atoms with Gasteiger partial charge in [0.25, 0.3) is 5.69 Å². The Bertz CT molecular complexity index is 632. The monoisotopic (exact) mass is 308 g/mol. The van der Waals surface area contributed by atoms with E-state index in [-0.39, 0.29) is 11.5 Å². The molecule has 0 spiro atoms. The summed E-state index contributed by atoms with van der Waals surface area (Å²) in [7, 11) is 0. The summed E-state index contributed by atoms with van der Waals surface area (Å²) >= 11 is 5.97. The van der Waals surface area contributed by atoms with Crippen molar-refractivity contribution in [2.75, 3.05) is 6.54 Å². The minimum Gasteiger partial charge on any atom is -0.312 e. The van der Waals surface area contributed by atoms with E-state index in [9.17, 15) is 14.5 Å². The van der Waals surface area contributed by atoms with Gasteiger partial charge < -0.3 is 5.32 Å². The topological polar surface area (TPSA) is 55.2 Å². The third kappa shape index (κ3) is 4.51. The first-order chi connectivity index (χ1) is 10.1. The molecule has 1 N–H and O–H groups in total. The predicted octanol–water partition coefficient (Wildman–Crippen LogP) is 3.72. The Balaban J connectivity index is 1.81. The molecule has 0 aliphatic rings. The van der Waals surface area contributed by atoms with Gasteiger partial charge in [0.2, 0.25) is 0 Å². The number of nitrogens with one attached hydrogen (secondary N) is 1. The molecule has 0 radical (unpaired) electrons. The van der Waals surface area contributed by atoms with Gasteiger partial charge >= 0.3 is 0 Å². The van der Waals surface area contributed by atoms with Crippen molar-refractivity contribution in [2.45, 2.75) is 13.0 Å². The maximum Gasteiger partial charge on any atom is 0.269 e. The van der Waals surface area contributed by atoms with E-state index in [0.717, 1.165) is 12.0 Å². The summed E-state index contributed by atoms with van der Waals surface area (Å²) in [6, 6.07) is 10.7. The summed E-state index contributed by atoms with van der Waals surface area (Å²) in [5, 5.41) is 14.2. The number of hydrogen-bond acceptors (Lipinski definition) is 3. The summed E-state index contributed by atoms with van der Waals surface area (Å²) in [5.41, 5.74) is 1.79. The minimum absolute atomic E-state index is 0.0817. The van der Waals surface area contributed by atoms with E-state index in [2.05, 4.69) is 5.32 Å². The van der Waals surface area contributed by atoms with Gasteiger partial charge in [-0.3, -0.25) is 10.1 Å². The fourth-order valence-electron chi connectivity index (χ4n) is 1.92. The van der Waals surface area contributed by atoms with Gasteiger partial charge in [-0.25, -0.2) is 4.39 Å². The highest BCUT2D eigenvalue weighted by molar-refractivity contribution is 6.31. The van der Waals surface area contributed by atoms with Gasteiger partial charge in [0.15, 0.2) is 0 Å². The normalized spacial score (nSPS) is 10.6. The molecule has 6 heteroatoms. The Labute approximate surface area is 126 Å². The highest BCUT2D eigenvalue weighted by atomic mass is 35.5. The number of hydrogen-bond donors (Lipinski definition) is 1. The van der Waals surface area contributed by atoms with Gasteiger partial charge in [0.05, 0.1) is 4.92 Å². The number of non-ortho nitro benzene ring substituents is 1. The Morgan fingerprint density at radius 3 is 2.57 bits per heavy atom. The quantitative estimate of drug-likeness (QED) is 0.503. The number of nitrogens with zero attached hydrogens (tertiary/aromatic N) is 1. The molecule has 0 saturated heterocycles. The molecule has 0 heterocycles. The average molecular weight is 309 g/mol. The van der Waals surface area contributed by atoms with Crippen molar-refractivity contribution in [2.24, 2.45) is 0 Å². The van der Waals surface area contributed by atoms with E-state index in [4.69, 9.17) is 11.6 Å². The molecule has 0 fully saturated rings. The molecule has 2 aromatic carbocycles. The van der Waals surface area contributed by atoms with Crippen molar-refractivity contribution >= 4 is 17.3 Å². The van der Waals surface area contributed by atoms with Crippen molar-refractivity contribution in [3.63, 3.8) is 0 Å². The summed E-state index contributed by atoms with van der Waals surface area (Å²) in [5.74, 6) is -0.313. The van der Waals surface area contributed by atoms with E-state index >= 15 is 0 Å². The zero-order chi connectivity index (χ0) is 15.2. The molecule has 0 unspecified atom stereocenters. The Morgan fingerprint density at radius 2 is 1.90 bits per heavy atom. The van der Waals surface area contributed by atoms with Crippen LogP contribution >= 0.6 is 11.6 Å². The first kappa shape index (κ1) is 15.4. The van der Waals surface area contributed by atoms with Crippen LogP contribution in [0.4, 0.5) is 10.1 Å². The molecule has 2 aromatic rings. The first-order valence-electron chi connectivity index (χ1n) is 6.44. The van der Waals surface area contributed by atoms with Crippen LogP contribution in [0, 0.1) is 15.9 Å². The van der Waals surface area contributed by atoms with E-state index < -0.39 is 4.92 Å². The van der Waals surface area contributed by atoms with E-state index in [0.29, 0.717) is 23.7 Å². The number of rotatable bonds is 6. The van der Waals surface area contributed by atoms with Crippen LogP contribution in [0.1, 0.15) is 11.1 Å². The van der Waals surface area contributed by atoms with Crippen molar-refractivity contribution in [1.29, 1.82) is 0 Å². The van der Waals surface area contributed by atoms with Crippen LogP contribution in [0.3, 0.4) is 0 Å². The van der Waals surface area contributed by atoms with Crippen LogP contribution in [0.5, 0.6) is 0 Å². The maximum absolute atomic E-state index is 13.1. The molecular formula is C15H14ClFN2O2. The maximum atomic E-state index is 13.1. The predicted molar refractivity (Wildman–Crippen MR) is 79.9 cm³/mol. The van der Waals surface area contributed by atoms with Crippen LogP contribution in [0.2, 0.25) is 5.02 Å². The smallest absolute Gasteiger partial charge is 0.269 e. The summed E-state index contributed by atoms with van der Waals surface area (Å²) in [6.07, 6.45) is 0.727. The Morgan fingerprint density at radius 1 is 1.19 bits per heavy atom. The van der Waals surface area contributed by atoms with Crippen molar-refractivity contribution in [3.8, 4) is 0 Å². The SMILES string of the molecule is O=[N+]([O-])c1ccc(CCNCc2cc(F)ccc2Cl)cc1. The molecule has 4 nitrogen and oxygen atoms in total. The molecule has 0 bridgehead atoms. The number of nitro groups is 1. The molecule has 0 aliphatic carbocycles. The lowest BCUT2D eigenvalue weighted by Crippen LogP contribution is -2.17. The molecule has 0 saturated carbocycles. The molecule has 0 amide bonds. The largest absolute Gasteiger partial charge is 0.312 e. The van der Waals surface area contributed by atoms with Gasteiger partial charge in [-0.1, -0.05) is 23.7 Å². The lowest BCUT2D eigenvalue weighted by atomic mass is 10.1. The Kier molecular flexibility index (Phi) is 5.25. The van der Waals surface area contributed by atoms with Crippen molar-refractivity contribution in [1.82, 2.24) is 5.32 Å². The van der Waals surface area contributed by atoms with Crippen molar-refractivity contribution < 1.29 is 9.31 Å². The average Bonchev–Trinajstić information content (AvgIpc) is 2.47. The third-order valence-corrected chi connectivity index (χ3v) is 3.43. The molecule has 0 aromatic heterocycles. The van der Waals surface area contributed by atoms with Crippen LogP contribution in [-0.4, -0.2) is 11.5 Å². The zero-order valence-electron chi connectivity index (χ0n) is 11.2. The van der Waals surface area contributed by atoms with Crippen LogP contribution in [0.15, 0.2) is 42.5 Å². The second kappa shape index (κ2) is 7.15. The van der Waals surface area contributed by atoms with Gasteiger partial charge in [-0.15, -0.1) is 0 Å². The minimum atomic E-state index is -0.423. The van der Waals surface area contributed by atoms with Crippen molar-refractivity contribution in [3.05, 3.63) is 74.5 Å². The second-order valence-electron chi connectivity index (χ2n) is 4.59. The summed E-state index contributed by atoms with van der Waals surface area (Å²) in [4.78, 5) is 10.1. The molecule has 110 valence electrons. The molecule has 0 atom stereocenters.